The van der Waals surface area contributed by atoms with Crippen LogP contribution in [0.5, 0.6) is 5.75 Å². The molecule has 2 aliphatic rings. The Bertz CT molecular complexity index is 2220. The molecule has 262 valence electrons. The second-order valence-electron chi connectivity index (χ2n) is 12.2. The monoisotopic (exact) mass is 710 g/mol. The highest BCUT2D eigenvalue weighted by atomic mass is 32.1. The molecule has 1 unspecified atom stereocenters. The predicted octanol–water partition coefficient (Wildman–Crippen LogP) is 6.77. The van der Waals surface area contributed by atoms with Crippen LogP contribution in [0.25, 0.3) is 38.3 Å². The third-order valence-electron chi connectivity index (χ3n) is 9.12. The third kappa shape index (κ3) is 6.86. The van der Waals surface area contributed by atoms with Crippen molar-refractivity contribution in [3.05, 3.63) is 113 Å². The number of nitrogens with zero attached hydrogens (tertiary/aromatic N) is 6. The highest BCUT2D eigenvalue weighted by Gasteiger charge is 2.30. The van der Waals surface area contributed by atoms with Gasteiger partial charge in [0, 0.05) is 83.0 Å². The van der Waals surface area contributed by atoms with Crippen molar-refractivity contribution < 1.29 is 28.2 Å². The first-order valence-corrected chi connectivity index (χ1v) is 17.5. The summed E-state index contributed by atoms with van der Waals surface area (Å²) in [6.07, 6.45) is 11.5. The average molecular weight is 711 g/mol. The first kappa shape index (κ1) is 34.1. The Morgan fingerprint density at radius 1 is 1.24 bits per heavy atom. The fourth-order valence-electron chi connectivity index (χ4n) is 6.64. The number of pyridine rings is 1. The van der Waals surface area contributed by atoms with Crippen molar-refractivity contribution in [1.82, 2.24) is 29.4 Å². The predicted molar refractivity (Wildman–Crippen MR) is 194 cm³/mol. The van der Waals surface area contributed by atoms with E-state index in [9.17, 15) is 18.7 Å². The van der Waals surface area contributed by atoms with E-state index in [0.717, 1.165) is 55.3 Å². The summed E-state index contributed by atoms with van der Waals surface area (Å²) >= 11 is 1.53. The topological polar surface area (TPSA) is 108 Å². The molecular formula is C38H36F2N6O4S. The summed E-state index contributed by atoms with van der Waals surface area (Å²) in [5.41, 5.74) is 5.70. The van der Waals surface area contributed by atoms with E-state index in [-0.39, 0.29) is 43.7 Å². The van der Waals surface area contributed by atoms with E-state index < -0.39 is 5.83 Å². The number of aliphatic hydroxyl groups is 1. The van der Waals surface area contributed by atoms with Crippen molar-refractivity contribution >= 4 is 44.3 Å². The number of amides is 1. The van der Waals surface area contributed by atoms with Gasteiger partial charge < -0.3 is 19.5 Å². The minimum absolute atomic E-state index is 0.0919. The highest BCUT2D eigenvalue weighted by molar-refractivity contribution is 7.17. The Labute approximate surface area is 296 Å². The van der Waals surface area contributed by atoms with Gasteiger partial charge in [-0.2, -0.15) is 10.2 Å². The molecule has 1 atom stereocenters. The second kappa shape index (κ2) is 14.8. The Kier molecular flexibility index (Phi) is 9.91. The normalized spacial score (nSPS) is 17.9. The van der Waals surface area contributed by atoms with E-state index in [0.29, 0.717) is 43.9 Å². The first-order chi connectivity index (χ1) is 24.9. The number of benzene rings is 1. The van der Waals surface area contributed by atoms with Crippen molar-refractivity contribution in [2.75, 3.05) is 32.9 Å². The van der Waals surface area contributed by atoms with Crippen LogP contribution in [-0.4, -0.2) is 73.4 Å². The van der Waals surface area contributed by atoms with Gasteiger partial charge in [-0.05, 0) is 48.2 Å². The zero-order valence-electron chi connectivity index (χ0n) is 28.0. The number of aliphatic hydroxyl groups excluding tert-OH is 1. The molecule has 5 aromatic rings. The molecule has 0 saturated heterocycles. The summed E-state index contributed by atoms with van der Waals surface area (Å²) in [6.45, 7) is 5.63. The lowest BCUT2D eigenvalue weighted by atomic mass is 9.90. The van der Waals surface area contributed by atoms with Crippen LogP contribution in [0.3, 0.4) is 0 Å². The van der Waals surface area contributed by atoms with Crippen LogP contribution in [0.2, 0.25) is 0 Å². The standard InChI is InChI=1S/C38H36F2N6O4S/c1-3-35(48)45-11-7-26-20-32(43-46(26)13-12-45)28-8-16-49-27(19-25(40)6-10-39)21-31-36(28)42-37(29-9-17-51-38(29)31)30-18-24-23-41-44(2)33(24)22-34(30)50-15-5-4-14-47/h3-6,9-10,17-23,28,47H,1,7-8,11-16H2,2H3/b5-4+,10-6+,25-19+,27-21-. The molecule has 0 bridgehead atoms. The van der Waals surface area contributed by atoms with Crippen LogP contribution in [0, 0.1) is 0 Å². The maximum absolute atomic E-state index is 14.6. The van der Waals surface area contributed by atoms with Crippen LogP contribution in [0.15, 0.2) is 90.7 Å². The van der Waals surface area contributed by atoms with Crippen LogP contribution >= 0.6 is 11.3 Å². The molecule has 0 radical (unpaired) electrons. The van der Waals surface area contributed by atoms with Crippen LogP contribution < -0.4 is 4.74 Å². The summed E-state index contributed by atoms with van der Waals surface area (Å²) in [7, 11) is 1.87. The quantitative estimate of drug-likeness (QED) is 0.102. The lowest BCUT2D eigenvalue weighted by Crippen LogP contribution is -2.32. The molecule has 4 aromatic heterocycles. The molecule has 2 aliphatic heterocycles. The van der Waals surface area contributed by atoms with Crippen molar-refractivity contribution in [1.29, 1.82) is 0 Å². The van der Waals surface area contributed by atoms with Gasteiger partial charge in [0.1, 0.15) is 23.9 Å². The fraction of sp³-hybridized carbons (Fsp3) is 0.263. The van der Waals surface area contributed by atoms with Gasteiger partial charge >= 0.3 is 0 Å². The molecule has 1 amide bonds. The van der Waals surface area contributed by atoms with Crippen LogP contribution in [0.4, 0.5) is 8.78 Å². The van der Waals surface area contributed by atoms with Crippen molar-refractivity contribution in [3.63, 3.8) is 0 Å². The molecule has 0 aliphatic carbocycles. The number of hydrogen-bond donors (Lipinski definition) is 1. The van der Waals surface area contributed by atoms with Crippen molar-refractivity contribution in [2.24, 2.45) is 7.05 Å². The maximum atomic E-state index is 14.6. The Balaban J connectivity index is 1.41. The molecule has 13 heteroatoms. The van der Waals surface area contributed by atoms with Crippen molar-refractivity contribution in [3.8, 4) is 17.0 Å². The number of rotatable bonds is 9. The van der Waals surface area contributed by atoms with Gasteiger partial charge in [0.15, 0.2) is 0 Å². The summed E-state index contributed by atoms with van der Waals surface area (Å²) < 4.78 is 44.5. The zero-order chi connectivity index (χ0) is 35.5. The summed E-state index contributed by atoms with van der Waals surface area (Å²) in [6, 6.07) is 8.06. The molecule has 0 saturated carbocycles. The number of fused-ring (bicyclic) bond motifs is 5. The number of aryl methyl sites for hydroxylation is 1. The van der Waals surface area contributed by atoms with E-state index >= 15 is 0 Å². The summed E-state index contributed by atoms with van der Waals surface area (Å²) in [5, 5.41) is 22.6. The fourth-order valence-corrected chi connectivity index (χ4v) is 7.56. The number of ether oxygens (including phenoxy) is 2. The van der Waals surface area contributed by atoms with Crippen LogP contribution in [-0.2, 0) is 29.5 Å². The molecule has 7 rings (SSSR count). The summed E-state index contributed by atoms with van der Waals surface area (Å²) in [4.78, 5) is 19.5. The smallest absolute Gasteiger partial charge is 0.246 e. The SMILES string of the molecule is C=CC(=O)N1CCc2cc(C3CCOC(/C=C(F)\C=C\F)=C\c4c3nc(-c3cc5cnn(C)c5cc3OC/C=C/CO)c3ccsc43)nn2CC1. The number of carbonyl (C=O) groups excluding carboxylic acids is 1. The molecular weight excluding hydrogens is 675 g/mol. The van der Waals surface area contributed by atoms with E-state index in [1.54, 1.807) is 34.0 Å². The van der Waals surface area contributed by atoms with E-state index in [1.807, 2.05) is 35.3 Å². The number of thiophene rings is 1. The Hall–Kier alpha value is -5.40. The second-order valence-corrected chi connectivity index (χ2v) is 13.1. The molecule has 0 fully saturated rings. The highest BCUT2D eigenvalue weighted by Crippen LogP contribution is 2.44. The van der Waals surface area contributed by atoms with Gasteiger partial charge in [0.05, 0.1) is 54.9 Å². The first-order valence-electron chi connectivity index (χ1n) is 16.6. The minimum Gasteiger partial charge on any atom is -0.493 e. The molecule has 51 heavy (non-hydrogen) atoms. The molecule has 1 aromatic carbocycles. The average Bonchev–Trinajstić information content (AvgIpc) is 3.83. The van der Waals surface area contributed by atoms with Gasteiger partial charge in [-0.1, -0.05) is 12.7 Å². The van der Waals surface area contributed by atoms with Gasteiger partial charge in [-0.15, -0.1) is 11.3 Å². The molecule has 6 heterocycles. The number of halogens is 2. The van der Waals surface area contributed by atoms with E-state index in [2.05, 4.69) is 17.7 Å². The van der Waals surface area contributed by atoms with Gasteiger partial charge in [0.2, 0.25) is 5.91 Å². The van der Waals surface area contributed by atoms with E-state index in [4.69, 9.17) is 19.6 Å². The lowest BCUT2D eigenvalue weighted by molar-refractivity contribution is -0.126. The van der Waals surface area contributed by atoms with Crippen molar-refractivity contribution in [2.45, 2.75) is 25.3 Å². The molecule has 10 nitrogen and oxygen atoms in total. The third-order valence-corrected chi connectivity index (χ3v) is 10.1. The minimum atomic E-state index is -0.780. The Morgan fingerprint density at radius 2 is 2.12 bits per heavy atom. The molecule has 1 N–H and O–H groups in total. The van der Waals surface area contributed by atoms with Gasteiger partial charge in [0.25, 0.3) is 0 Å². The summed E-state index contributed by atoms with van der Waals surface area (Å²) in [5.74, 6) is -0.328. The van der Waals surface area contributed by atoms with E-state index in [1.165, 1.54) is 23.5 Å². The Morgan fingerprint density at radius 3 is 2.94 bits per heavy atom. The molecule has 0 spiro atoms. The number of carbonyl (C=O) groups is 1. The van der Waals surface area contributed by atoms with Gasteiger partial charge in [-0.25, -0.2) is 8.78 Å². The number of aromatic nitrogens is 5. The largest absolute Gasteiger partial charge is 0.493 e. The number of allylic oxidation sites excluding steroid dienone is 3. The van der Waals surface area contributed by atoms with Gasteiger partial charge in [-0.3, -0.25) is 19.1 Å². The lowest BCUT2D eigenvalue weighted by Gasteiger charge is -2.23. The zero-order valence-corrected chi connectivity index (χ0v) is 28.8. The number of hydrogen-bond acceptors (Lipinski definition) is 8. The van der Waals surface area contributed by atoms with Crippen LogP contribution in [0.1, 0.15) is 35.0 Å². The maximum Gasteiger partial charge on any atom is 0.246 e.